The minimum Gasteiger partial charge on any atom is -0.545 e. The summed E-state index contributed by atoms with van der Waals surface area (Å²) in [5, 5.41) is 9.14. The molecule has 0 atom stereocenters. The Morgan fingerprint density at radius 2 is 1.36 bits per heavy atom. The maximum Gasteiger partial charge on any atom is 0.333 e. The Labute approximate surface area is 155 Å². The maximum atomic E-state index is 10.4. The molecule has 0 amide bonds. The van der Waals surface area contributed by atoms with Gasteiger partial charge in [-0.1, -0.05) is 19.7 Å². The average molecular weight is 380 g/mol. The Balaban J connectivity index is -0.000000120. The van der Waals surface area contributed by atoms with Crippen molar-refractivity contribution >= 4 is 29.7 Å². The van der Waals surface area contributed by atoms with Crippen molar-refractivity contribution in [1.29, 1.82) is 0 Å². The number of rotatable bonds is 4. The van der Waals surface area contributed by atoms with E-state index >= 15 is 0 Å². The van der Waals surface area contributed by atoms with Crippen molar-refractivity contribution in [2.75, 3.05) is 34.9 Å². The molecular weight excluding hydrogens is 350 g/mol. The molecule has 0 fully saturated rings. The first-order valence-electron chi connectivity index (χ1n) is 7.04. The second-order valence-corrected chi connectivity index (χ2v) is 6.16. The lowest BCUT2D eigenvalue weighted by atomic mass is 10.4. The Morgan fingerprint density at radius 3 is 1.40 bits per heavy atom. The molecule has 0 saturated heterocycles. The van der Waals surface area contributed by atoms with Gasteiger partial charge in [0, 0.05) is 11.1 Å². The van der Waals surface area contributed by atoms with Crippen molar-refractivity contribution in [3.8, 4) is 0 Å². The summed E-state index contributed by atoms with van der Waals surface area (Å²) in [5.41, 5.74) is 0.884. The highest BCUT2D eigenvalue weighted by molar-refractivity contribution is 6.06. The fraction of sp³-hybridized carbons (Fsp3) is 0.471. The molecule has 0 aliphatic carbocycles. The lowest BCUT2D eigenvalue weighted by Gasteiger charge is -2.07. The van der Waals surface area contributed by atoms with Gasteiger partial charge in [0.05, 0.1) is 40.8 Å². The van der Waals surface area contributed by atoms with Gasteiger partial charge in [0.15, 0.2) is 11.8 Å². The number of methoxy groups -OCH3 is 1. The first kappa shape index (κ1) is 30.7. The number of ether oxygens (including phenoxy) is 2. The van der Waals surface area contributed by atoms with Crippen LogP contribution in [0.5, 0.6) is 0 Å². The molecule has 0 aliphatic heterocycles. The van der Waals surface area contributed by atoms with E-state index in [0.29, 0.717) is 21.8 Å². The highest BCUT2D eigenvalue weighted by Crippen LogP contribution is 1.91. The van der Waals surface area contributed by atoms with E-state index in [1.54, 1.807) is 20.8 Å². The van der Waals surface area contributed by atoms with Crippen LogP contribution in [0.1, 0.15) is 20.8 Å². The molecule has 0 aromatic carbocycles. The number of quaternary nitrogens is 1. The summed E-state index contributed by atoms with van der Waals surface area (Å²) in [6.07, 6.45) is 0.722. The van der Waals surface area contributed by atoms with Gasteiger partial charge in [-0.2, -0.15) is 0 Å². The molecule has 0 spiro atoms. The fourth-order valence-electron chi connectivity index (χ4n) is 0.429. The monoisotopic (exact) mass is 379 g/mol. The second-order valence-electron chi connectivity index (χ2n) is 5.14. The van der Waals surface area contributed by atoms with Crippen LogP contribution in [0.25, 0.3) is 0 Å². The molecule has 8 heteroatoms. The van der Waals surface area contributed by atoms with Crippen molar-refractivity contribution in [3.05, 3.63) is 37.0 Å². The third-order valence-corrected chi connectivity index (χ3v) is 1.32. The van der Waals surface area contributed by atoms with Gasteiger partial charge in [0.1, 0.15) is 0 Å². The average Bonchev–Trinajstić information content (AvgIpc) is 2.45. The van der Waals surface area contributed by atoms with E-state index in [4.69, 9.17) is 21.7 Å². The van der Waals surface area contributed by atoms with Crippen LogP contribution in [-0.4, -0.2) is 56.8 Å². The van der Waals surface area contributed by atoms with Crippen LogP contribution in [0.4, 0.5) is 0 Å². The predicted octanol–water partition coefficient (Wildman–Crippen LogP) is 1.63. The van der Waals surface area contributed by atoms with E-state index in [1.165, 1.54) is 7.11 Å². The molecule has 0 bridgehead atoms. The summed E-state index contributed by atoms with van der Waals surface area (Å²) < 4.78 is 9.31. The van der Waals surface area contributed by atoms with Crippen LogP contribution >= 0.6 is 11.8 Å². The Morgan fingerprint density at radius 1 is 1.08 bits per heavy atom. The molecule has 0 heterocycles. The number of nitrogens with zero attached hydrogens (tertiary/aromatic N) is 1. The van der Waals surface area contributed by atoms with Gasteiger partial charge in [-0.3, -0.25) is 0 Å². The lowest BCUT2D eigenvalue weighted by molar-refractivity contribution is -0.747. The largest absolute Gasteiger partial charge is 0.545 e. The minimum absolute atomic E-state index is 0.312. The van der Waals surface area contributed by atoms with E-state index in [1.807, 2.05) is 21.1 Å². The van der Waals surface area contributed by atoms with Gasteiger partial charge < -0.3 is 19.4 Å². The standard InChI is InChI=1S/C6H10O2.C5H8O2.C3H9ClN.C3H4O2/c1-4-8-6(7)5(2)3;1-4(2)5(6)7-3;1-5(2,3)4;1-2-3(4)5/h2,4H2,1,3H3;1H2,2-3H3;1-3H3;2H,1H2,(H,4,5)/q;;+1;/p-1. The van der Waals surface area contributed by atoms with Gasteiger partial charge in [0.2, 0.25) is 0 Å². The number of halogens is 1. The zero-order valence-electron chi connectivity index (χ0n) is 16.2. The number of hydrogen-bond acceptors (Lipinski definition) is 6. The van der Waals surface area contributed by atoms with Gasteiger partial charge in [0.25, 0.3) is 0 Å². The third-order valence-electron chi connectivity index (χ3n) is 1.32. The predicted molar refractivity (Wildman–Crippen MR) is 97.4 cm³/mol. The number of esters is 2. The fourth-order valence-corrected chi connectivity index (χ4v) is 0.429. The van der Waals surface area contributed by atoms with Crippen molar-refractivity contribution in [3.63, 3.8) is 0 Å². The third kappa shape index (κ3) is 52.1. The first-order chi connectivity index (χ1) is 11.1. The SMILES string of the molecule is C=C(C)C(=O)OC.C=C(C)C(=O)OCC.C=CC(=O)[O-].C[N+](C)(C)Cl. The summed E-state index contributed by atoms with van der Waals surface area (Å²) in [6, 6.07) is 0. The normalized spacial score (nSPS) is 8.48. The second kappa shape index (κ2) is 18.2. The summed E-state index contributed by atoms with van der Waals surface area (Å²) in [4.78, 5) is 29.7. The van der Waals surface area contributed by atoms with E-state index in [2.05, 4.69) is 29.2 Å². The summed E-state index contributed by atoms with van der Waals surface area (Å²) in [6.45, 7) is 15.1. The quantitative estimate of drug-likeness (QED) is 0.418. The van der Waals surface area contributed by atoms with E-state index < -0.39 is 5.97 Å². The van der Waals surface area contributed by atoms with E-state index in [9.17, 15) is 9.59 Å². The number of carbonyl (C=O) groups excluding carboxylic acids is 3. The maximum absolute atomic E-state index is 10.4. The summed E-state index contributed by atoms with van der Waals surface area (Å²) in [5.74, 6) is -1.89. The molecule has 0 N–H and O–H groups in total. The van der Waals surface area contributed by atoms with Crippen LogP contribution < -0.4 is 5.11 Å². The van der Waals surface area contributed by atoms with Gasteiger partial charge >= 0.3 is 11.9 Å². The topological polar surface area (TPSA) is 92.7 Å². The van der Waals surface area contributed by atoms with E-state index in [-0.39, 0.29) is 11.9 Å². The minimum atomic E-state index is -1.23. The lowest BCUT2D eigenvalue weighted by Crippen LogP contribution is -2.19. The number of aliphatic carboxylic acids is 1. The molecule has 25 heavy (non-hydrogen) atoms. The van der Waals surface area contributed by atoms with Crippen LogP contribution in [0.2, 0.25) is 0 Å². The van der Waals surface area contributed by atoms with Crippen molar-refractivity contribution in [2.24, 2.45) is 0 Å². The van der Waals surface area contributed by atoms with Crippen molar-refractivity contribution < 1.29 is 33.0 Å². The molecule has 0 aromatic rings. The molecule has 7 nitrogen and oxygen atoms in total. The summed E-state index contributed by atoms with van der Waals surface area (Å²) in [7, 11) is 7.00. The molecule has 0 rings (SSSR count). The number of carboxylic acid groups (broad SMARTS) is 1. The van der Waals surface area contributed by atoms with Crippen LogP contribution in [0.15, 0.2) is 37.0 Å². The van der Waals surface area contributed by atoms with Crippen LogP contribution in [0.3, 0.4) is 0 Å². The highest BCUT2D eigenvalue weighted by Gasteiger charge is 1.98. The van der Waals surface area contributed by atoms with Crippen LogP contribution in [0, 0.1) is 0 Å². The molecule has 0 saturated carbocycles. The summed E-state index contributed by atoms with van der Waals surface area (Å²) >= 11 is 5.47. The van der Waals surface area contributed by atoms with Gasteiger partial charge in [-0.25, -0.2) is 13.6 Å². The van der Waals surface area contributed by atoms with Crippen LogP contribution in [-0.2, 0) is 23.9 Å². The van der Waals surface area contributed by atoms with Gasteiger partial charge in [-0.15, -0.1) is 0 Å². The van der Waals surface area contributed by atoms with E-state index in [0.717, 1.165) is 6.08 Å². The van der Waals surface area contributed by atoms with Gasteiger partial charge in [-0.05, 0) is 26.8 Å². The molecule has 0 aromatic heterocycles. The molecule has 0 aliphatic rings. The molecule has 0 unspecified atom stereocenters. The molecule has 146 valence electrons. The first-order valence-corrected chi connectivity index (χ1v) is 7.38. The Hall–Kier alpha value is -2.12. The van der Waals surface area contributed by atoms with Crippen molar-refractivity contribution in [1.82, 2.24) is 0 Å². The van der Waals surface area contributed by atoms with Crippen molar-refractivity contribution in [2.45, 2.75) is 20.8 Å². The zero-order chi connectivity index (χ0) is 21.2. The smallest absolute Gasteiger partial charge is 0.333 e. The Bertz CT molecular complexity index is 447. The highest BCUT2D eigenvalue weighted by atomic mass is 35.5. The number of carboxylic acids is 1. The Kier molecular flexibility index (Phi) is 22.4. The molecular formula is C17H30ClNO6. The number of hydrogen-bond donors (Lipinski definition) is 0. The zero-order valence-corrected chi connectivity index (χ0v) is 16.9. The molecule has 0 radical (unpaired) electrons. The number of carbonyl (C=O) groups is 3.